The Morgan fingerprint density at radius 1 is 1.71 bits per heavy atom. The summed E-state index contributed by atoms with van der Waals surface area (Å²) >= 11 is 1.82. The Morgan fingerprint density at radius 2 is 2.50 bits per heavy atom. The van der Waals surface area contributed by atoms with E-state index in [1.165, 1.54) is 10.4 Å². The summed E-state index contributed by atoms with van der Waals surface area (Å²) in [5, 5.41) is 2.14. The quantitative estimate of drug-likeness (QED) is 0.696. The molecule has 14 heavy (non-hydrogen) atoms. The number of amides is 1. The highest BCUT2D eigenvalue weighted by atomic mass is 32.1. The Bertz CT molecular complexity index is 345. The summed E-state index contributed by atoms with van der Waals surface area (Å²) in [5.41, 5.74) is 1.37. The van der Waals surface area contributed by atoms with E-state index >= 15 is 0 Å². The van der Waals surface area contributed by atoms with Crippen LogP contribution in [0.4, 0.5) is 0 Å². The zero-order chi connectivity index (χ0) is 10.1. The smallest absolute Gasteiger partial charge is 0.219 e. The zero-order valence-electron chi connectivity index (χ0n) is 8.62. The Morgan fingerprint density at radius 3 is 3.14 bits per heavy atom. The molecule has 0 aliphatic carbocycles. The van der Waals surface area contributed by atoms with Crippen molar-refractivity contribution in [2.45, 2.75) is 32.7 Å². The second kappa shape index (κ2) is 3.73. The van der Waals surface area contributed by atoms with Gasteiger partial charge in [-0.3, -0.25) is 4.79 Å². The van der Waals surface area contributed by atoms with Gasteiger partial charge in [0.2, 0.25) is 5.91 Å². The first-order chi connectivity index (χ1) is 6.74. The fourth-order valence-corrected chi connectivity index (χ4v) is 3.14. The monoisotopic (exact) mass is 209 g/mol. The van der Waals surface area contributed by atoms with Crippen LogP contribution in [0.25, 0.3) is 0 Å². The summed E-state index contributed by atoms with van der Waals surface area (Å²) in [5.74, 6) is 0.203. The maximum Gasteiger partial charge on any atom is 0.219 e. The van der Waals surface area contributed by atoms with Gasteiger partial charge >= 0.3 is 0 Å². The predicted molar refractivity (Wildman–Crippen MR) is 58.4 cm³/mol. The van der Waals surface area contributed by atoms with Crippen molar-refractivity contribution in [2.24, 2.45) is 0 Å². The number of rotatable bonds is 1. The van der Waals surface area contributed by atoms with E-state index in [1.807, 2.05) is 16.2 Å². The van der Waals surface area contributed by atoms with Crippen LogP contribution in [0.2, 0.25) is 0 Å². The van der Waals surface area contributed by atoms with Crippen LogP contribution in [-0.2, 0) is 11.2 Å². The molecule has 76 valence electrons. The fourth-order valence-electron chi connectivity index (χ4n) is 2.21. The van der Waals surface area contributed by atoms with Gasteiger partial charge in [0.15, 0.2) is 0 Å². The Balaban J connectivity index is 2.34. The second-order valence-corrected chi connectivity index (χ2v) is 4.69. The Kier molecular flexibility index (Phi) is 2.59. The van der Waals surface area contributed by atoms with Gasteiger partial charge in [0.05, 0.1) is 6.04 Å². The fraction of sp³-hybridized carbons (Fsp3) is 0.545. The van der Waals surface area contributed by atoms with E-state index in [2.05, 4.69) is 18.4 Å². The Labute approximate surface area is 88.5 Å². The number of nitrogens with zero attached hydrogens (tertiary/aromatic N) is 1. The van der Waals surface area contributed by atoms with Gasteiger partial charge in [-0.1, -0.05) is 6.92 Å². The molecule has 0 spiro atoms. The molecular formula is C11H15NOS. The molecule has 0 saturated carbocycles. The van der Waals surface area contributed by atoms with Gasteiger partial charge in [0.25, 0.3) is 0 Å². The molecule has 3 heteroatoms. The lowest BCUT2D eigenvalue weighted by Crippen LogP contribution is -2.37. The molecule has 0 saturated heterocycles. The minimum atomic E-state index is 0.203. The summed E-state index contributed by atoms with van der Waals surface area (Å²) in [6, 6.07) is 2.49. The Hall–Kier alpha value is -0.830. The highest BCUT2D eigenvalue weighted by Gasteiger charge is 2.28. The molecule has 1 aliphatic rings. The highest BCUT2D eigenvalue weighted by molar-refractivity contribution is 7.10. The van der Waals surface area contributed by atoms with Crippen LogP contribution < -0.4 is 0 Å². The van der Waals surface area contributed by atoms with Gasteiger partial charge in [-0.25, -0.2) is 0 Å². The van der Waals surface area contributed by atoms with Crippen molar-refractivity contribution in [3.63, 3.8) is 0 Å². The summed E-state index contributed by atoms with van der Waals surface area (Å²) in [6.07, 6.45) is 2.05. The molecule has 0 fully saturated rings. The third kappa shape index (κ3) is 1.46. The van der Waals surface area contributed by atoms with Gasteiger partial charge in [0.1, 0.15) is 0 Å². The molecule has 1 aromatic rings. The molecular weight excluding hydrogens is 194 g/mol. The number of fused-ring (bicyclic) bond motifs is 1. The van der Waals surface area contributed by atoms with Crippen LogP contribution in [0.5, 0.6) is 0 Å². The summed E-state index contributed by atoms with van der Waals surface area (Å²) < 4.78 is 0. The molecule has 0 bridgehead atoms. The maximum absolute atomic E-state index is 11.4. The molecule has 0 unspecified atom stereocenters. The zero-order valence-corrected chi connectivity index (χ0v) is 9.43. The molecule has 1 atom stereocenters. The molecule has 0 aromatic carbocycles. The molecule has 2 heterocycles. The van der Waals surface area contributed by atoms with E-state index in [0.717, 1.165) is 19.4 Å². The normalized spacial score (nSPS) is 20.7. The van der Waals surface area contributed by atoms with Gasteiger partial charge in [-0.2, -0.15) is 0 Å². The first-order valence-corrected chi connectivity index (χ1v) is 5.95. The molecule has 0 radical (unpaired) electrons. The van der Waals surface area contributed by atoms with E-state index in [-0.39, 0.29) is 5.91 Å². The average Bonchev–Trinajstić information content (AvgIpc) is 2.63. The second-order valence-electron chi connectivity index (χ2n) is 3.69. The number of carbonyl (C=O) groups excluding carboxylic acids is 1. The van der Waals surface area contributed by atoms with E-state index in [0.29, 0.717) is 6.04 Å². The first-order valence-electron chi connectivity index (χ1n) is 5.07. The van der Waals surface area contributed by atoms with Crippen molar-refractivity contribution in [1.29, 1.82) is 0 Å². The SMILES string of the molecule is CC[C@H]1c2ccsc2CCN1C(C)=O. The van der Waals surface area contributed by atoms with Crippen LogP contribution in [0, 0.1) is 0 Å². The lowest BCUT2D eigenvalue weighted by atomic mass is 9.98. The number of hydrogen-bond acceptors (Lipinski definition) is 2. The van der Waals surface area contributed by atoms with Crippen LogP contribution in [0.1, 0.15) is 36.8 Å². The van der Waals surface area contributed by atoms with Gasteiger partial charge < -0.3 is 4.90 Å². The molecule has 0 N–H and O–H groups in total. The number of carbonyl (C=O) groups is 1. The van der Waals surface area contributed by atoms with Crippen molar-refractivity contribution >= 4 is 17.2 Å². The highest BCUT2D eigenvalue weighted by Crippen LogP contribution is 2.34. The molecule has 1 amide bonds. The largest absolute Gasteiger partial charge is 0.336 e. The lowest BCUT2D eigenvalue weighted by Gasteiger charge is -2.34. The van der Waals surface area contributed by atoms with Crippen molar-refractivity contribution < 1.29 is 4.79 Å². The number of thiophene rings is 1. The van der Waals surface area contributed by atoms with E-state index in [4.69, 9.17) is 0 Å². The standard InChI is InChI=1S/C11H15NOS/c1-3-10-9-5-7-14-11(9)4-6-12(10)8(2)13/h5,7,10H,3-4,6H2,1-2H3/t10-/m0/s1. The summed E-state index contributed by atoms with van der Waals surface area (Å²) in [4.78, 5) is 14.9. The van der Waals surface area contributed by atoms with Gasteiger partial charge in [-0.05, 0) is 29.9 Å². The van der Waals surface area contributed by atoms with Crippen LogP contribution in [-0.4, -0.2) is 17.4 Å². The van der Waals surface area contributed by atoms with Crippen molar-refractivity contribution in [3.05, 3.63) is 21.9 Å². The van der Waals surface area contributed by atoms with Gasteiger partial charge in [0, 0.05) is 18.3 Å². The van der Waals surface area contributed by atoms with Crippen molar-refractivity contribution in [2.75, 3.05) is 6.54 Å². The minimum absolute atomic E-state index is 0.203. The minimum Gasteiger partial charge on any atom is -0.336 e. The molecule has 2 nitrogen and oxygen atoms in total. The van der Waals surface area contributed by atoms with Crippen LogP contribution >= 0.6 is 11.3 Å². The van der Waals surface area contributed by atoms with E-state index < -0.39 is 0 Å². The lowest BCUT2D eigenvalue weighted by molar-refractivity contribution is -0.131. The van der Waals surface area contributed by atoms with Gasteiger partial charge in [-0.15, -0.1) is 11.3 Å². The third-order valence-electron chi connectivity index (χ3n) is 2.89. The maximum atomic E-state index is 11.4. The predicted octanol–water partition coefficient (Wildman–Crippen LogP) is 2.60. The first kappa shape index (κ1) is 9.71. The van der Waals surface area contributed by atoms with Crippen LogP contribution in [0.15, 0.2) is 11.4 Å². The number of hydrogen-bond donors (Lipinski definition) is 0. The van der Waals surface area contributed by atoms with E-state index in [9.17, 15) is 4.79 Å². The van der Waals surface area contributed by atoms with Crippen molar-refractivity contribution in [1.82, 2.24) is 4.90 Å². The third-order valence-corrected chi connectivity index (χ3v) is 3.88. The van der Waals surface area contributed by atoms with Crippen molar-refractivity contribution in [3.8, 4) is 0 Å². The summed E-state index contributed by atoms with van der Waals surface area (Å²) in [7, 11) is 0. The van der Waals surface area contributed by atoms with Crippen LogP contribution in [0.3, 0.4) is 0 Å². The molecule has 1 aromatic heterocycles. The van der Waals surface area contributed by atoms with E-state index in [1.54, 1.807) is 6.92 Å². The molecule has 1 aliphatic heterocycles. The topological polar surface area (TPSA) is 20.3 Å². The average molecular weight is 209 g/mol. The summed E-state index contributed by atoms with van der Waals surface area (Å²) in [6.45, 7) is 4.70. The molecule has 2 rings (SSSR count).